The molecule has 0 saturated heterocycles. The summed E-state index contributed by atoms with van der Waals surface area (Å²) in [5.41, 5.74) is 0.919. The molecule has 46 valence electrons. The van der Waals surface area contributed by atoms with Gasteiger partial charge in [-0.15, -0.1) is 0 Å². The Balaban J connectivity index is 3.44. The first-order valence-corrected chi connectivity index (χ1v) is 2.53. The quantitative estimate of drug-likeness (QED) is 0.429. The molecule has 0 heterocycles. The number of allylic oxidation sites excluding steroid dienone is 1. The van der Waals surface area contributed by atoms with Crippen LogP contribution in [-0.4, -0.2) is 18.0 Å². The number of carbonyl (C=O) groups excluding carboxylic acids is 1. The molecule has 0 aliphatic carbocycles. The van der Waals surface area contributed by atoms with Crippen molar-refractivity contribution in [2.45, 2.75) is 13.3 Å². The van der Waals surface area contributed by atoms with Gasteiger partial charge in [-0.2, -0.15) is 0 Å². The second kappa shape index (κ2) is 4.53. The largest absolute Gasteiger partial charge is 0.396 e. The summed E-state index contributed by atoms with van der Waals surface area (Å²) in [5.74, 6) is 0. The zero-order chi connectivity index (χ0) is 6.41. The summed E-state index contributed by atoms with van der Waals surface area (Å²) in [5, 5.41) is 8.31. The molecule has 1 N–H and O–H groups in total. The topological polar surface area (TPSA) is 37.3 Å². The summed E-state index contributed by atoms with van der Waals surface area (Å²) in [6, 6.07) is 0. The van der Waals surface area contributed by atoms with E-state index in [4.69, 9.17) is 5.11 Å². The lowest BCUT2D eigenvalue weighted by Crippen LogP contribution is -1.83. The number of rotatable bonds is 3. The van der Waals surface area contributed by atoms with E-state index in [0.29, 0.717) is 6.42 Å². The second-order valence-corrected chi connectivity index (χ2v) is 1.62. The van der Waals surface area contributed by atoms with Gasteiger partial charge < -0.3 is 5.11 Å². The smallest absolute Gasteiger partial charge is 0.142 e. The van der Waals surface area contributed by atoms with Gasteiger partial charge in [0.15, 0.2) is 0 Å². The van der Waals surface area contributed by atoms with Gasteiger partial charge in [0, 0.05) is 6.61 Å². The molecule has 0 aliphatic heterocycles. The Labute approximate surface area is 48.8 Å². The third-order valence-electron chi connectivity index (χ3n) is 0.859. The Morgan fingerprint density at radius 3 is 2.75 bits per heavy atom. The lowest BCUT2D eigenvalue weighted by Gasteiger charge is -1.90. The van der Waals surface area contributed by atoms with Crippen molar-refractivity contribution in [1.82, 2.24) is 0 Å². The maximum Gasteiger partial charge on any atom is 0.142 e. The van der Waals surface area contributed by atoms with Crippen molar-refractivity contribution in [1.29, 1.82) is 0 Å². The highest BCUT2D eigenvalue weighted by molar-refractivity contribution is 5.65. The number of aldehydes is 1. The molecule has 0 saturated carbocycles. The molecule has 0 bridgehead atoms. The lowest BCUT2D eigenvalue weighted by molar-refractivity contribution is -0.104. The zero-order valence-corrected chi connectivity index (χ0v) is 4.92. The standard InChI is InChI=1S/C6H10O2/c1-6(2-4-7)3-5-8/h2,4,8H,3,5H2,1H3/b6-2-. The second-order valence-electron chi connectivity index (χ2n) is 1.62. The molecule has 8 heavy (non-hydrogen) atoms. The van der Waals surface area contributed by atoms with Crippen LogP contribution in [0, 0.1) is 0 Å². The Bertz CT molecular complexity index is 94.7. The number of hydrogen-bond acceptors (Lipinski definition) is 2. The van der Waals surface area contributed by atoms with Crippen LogP contribution in [0.3, 0.4) is 0 Å². The van der Waals surface area contributed by atoms with Gasteiger partial charge in [0.1, 0.15) is 6.29 Å². The van der Waals surface area contributed by atoms with E-state index in [1.54, 1.807) is 0 Å². The molecule has 0 atom stereocenters. The van der Waals surface area contributed by atoms with Gasteiger partial charge >= 0.3 is 0 Å². The first-order chi connectivity index (χ1) is 3.81. The van der Waals surface area contributed by atoms with Crippen molar-refractivity contribution in [3.63, 3.8) is 0 Å². The Kier molecular flexibility index (Phi) is 4.17. The van der Waals surface area contributed by atoms with Crippen molar-refractivity contribution in [3.8, 4) is 0 Å². The first kappa shape index (κ1) is 7.37. The molecule has 0 aromatic rings. The fourth-order valence-electron chi connectivity index (χ4n) is 0.376. The monoisotopic (exact) mass is 114 g/mol. The number of hydrogen-bond donors (Lipinski definition) is 1. The van der Waals surface area contributed by atoms with Crippen molar-refractivity contribution in [2.24, 2.45) is 0 Å². The summed E-state index contributed by atoms with van der Waals surface area (Å²) in [4.78, 5) is 9.73. The fourth-order valence-corrected chi connectivity index (χ4v) is 0.376. The van der Waals surface area contributed by atoms with E-state index in [-0.39, 0.29) is 6.61 Å². The zero-order valence-electron chi connectivity index (χ0n) is 4.92. The predicted molar refractivity (Wildman–Crippen MR) is 31.5 cm³/mol. The molecule has 0 fully saturated rings. The van der Waals surface area contributed by atoms with Crippen LogP contribution in [0.1, 0.15) is 13.3 Å². The van der Waals surface area contributed by atoms with E-state index in [0.717, 1.165) is 11.9 Å². The van der Waals surface area contributed by atoms with Crippen LogP contribution in [0.5, 0.6) is 0 Å². The van der Waals surface area contributed by atoms with Gasteiger partial charge in [-0.25, -0.2) is 0 Å². The average molecular weight is 114 g/mol. The molecule has 0 aromatic heterocycles. The third-order valence-corrected chi connectivity index (χ3v) is 0.859. The highest BCUT2D eigenvalue weighted by Gasteiger charge is 1.83. The van der Waals surface area contributed by atoms with Crippen LogP contribution in [0.2, 0.25) is 0 Å². The minimum absolute atomic E-state index is 0.121. The van der Waals surface area contributed by atoms with Gasteiger partial charge in [-0.05, 0) is 19.4 Å². The van der Waals surface area contributed by atoms with Gasteiger partial charge in [0.25, 0.3) is 0 Å². The van der Waals surface area contributed by atoms with Crippen molar-refractivity contribution >= 4 is 6.29 Å². The van der Waals surface area contributed by atoms with Gasteiger partial charge in [0.05, 0.1) is 0 Å². The Morgan fingerprint density at radius 1 is 1.75 bits per heavy atom. The molecule has 0 unspecified atom stereocenters. The lowest BCUT2D eigenvalue weighted by atomic mass is 10.2. The van der Waals surface area contributed by atoms with Crippen LogP contribution in [-0.2, 0) is 4.79 Å². The SMILES string of the molecule is C/C(=C/C=O)CCO. The van der Waals surface area contributed by atoms with Crippen LogP contribution in [0.4, 0.5) is 0 Å². The molecule has 0 spiro atoms. The molecular weight excluding hydrogens is 104 g/mol. The average Bonchev–Trinajstić information content (AvgIpc) is 1.68. The van der Waals surface area contributed by atoms with Crippen LogP contribution < -0.4 is 0 Å². The van der Waals surface area contributed by atoms with E-state index < -0.39 is 0 Å². The van der Waals surface area contributed by atoms with E-state index in [9.17, 15) is 4.79 Å². The van der Waals surface area contributed by atoms with Gasteiger partial charge in [-0.3, -0.25) is 4.79 Å². The molecule has 0 rings (SSSR count). The highest BCUT2D eigenvalue weighted by Crippen LogP contribution is 1.94. The summed E-state index contributed by atoms with van der Waals surface area (Å²) < 4.78 is 0. The van der Waals surface area contributed by atoms with Crippen LogP contribution in [0.15, 0.2) is 11.6 Å². The minimum atomic E-state index is 0.121. The van der Waals surface area contributed by atoms with E-state index in [1.165, 1.54) is 6.08 Å². The summed E-state index contributed by atoms with van der Waals surface area (Å²) in [7, 11) is 0. The minimum Gasteiger partial charge on any atom is -0.396 e. The van der Waals surface area contributed by atoms with Crippen molar-refractivity contribution in [3.05, 3.63) is 11.6 Å². The third kappa shape index (κ3) is 3.56. The molecule has 2 heteroatoms. The molecule has 0 aliphatic rings. The predicted octanol–water partition coefficient (Wildman–Crippen LogP) is 0.514. The molecule has 2 nitrogen and oxygen atoms in total. The summed E-state index contributed by atoms with van der Waals surface area (Å²) >= 11 is 0. The summed E-state index contributed by atoms with van der Waals surface area (Å²) in [6.07, 6.45) is 2.78. The molecular formula is C6H10O2. The Morgan fingerprint density at radius 2 is 2.38 bits per heavy atom. The highest BCUT2D eigenvalue weighted by atomic mass is 16.2. The fraction of sp³-hybridized carbons (Fsp3) is 0.500. The molecule has 0 aromatic carbocycles. The molecule has 0 radical (unpaired) electrons. The summed E-state index contributed by atoms with van der Waals surface area (Å²) in [6.45, 7) is 1.93. The maximum absolute atomic E-state index is 9.73. The maximum atomic E-state index is 9.73. The molecule has 0 amide bonds. The van der Waals surface area contributed by atoms with E-state index >= 15 is 0 Å². The number of carbonyl (C=O) groups is 1. The Hall–Kier alpha value is -0.630. The van der Waals surface area contributed by atoms with Gasteiger partial charge in [-0.1, -0.05) is 5.57 Å². The normalized spacial score (nSPS) is 11.5. The van der Waals surface area contributed by atoms with Crippen molar-refractivity contribution < 1.29 is 9.90 Å². The number of aliphatic hydroxyl groups excluding tert-OH is 1. The van der Waals surface area contributed by atoms with Gasteiger partial charge in [0.2, 0.25) is 0 Å². The van der Waals surface area contributed by atoms with E-state index in [1.807, 2.05) is 6.92 Å². The van der Waals surface area contributed by atoms with E-state index in [2.05, 4.69) is 0 Å². The van der Waals surface area contributed by atoms with Crippen molar-refractivity contribution in [2.75, 3.05) is 6.61 Å². The first-order valence-electron chi connectivity index (χ1n) is 2.53. The number of aliphatic hydroxyl groups is 1. The van der Waals surface area contributed by atoms with Crippen LogP contribution >= 0.6 is 0 Å². The van der Waals surface area contributed by atoms with Crippen LogP contribution in [0.25, 0.3) is 0 Å².